The number of aromatic nitrogens is 4. The summed E-state index contributed by atoms with van der Waals surface area (Å²) in [7, 11) is 0. The standard InChI is InChI=1S/C33H34F3N5O2/c1-21(2)43-29-14-13-28(37-38-29)40-17-15-22(16-18-40)31-30-26(33(34,35)36)19-25(42)20-27(30)41(39-31)32(23-9-5-3-6-10-23)24-11-7-4-8-12-24/h3-14,21-22,26,32H,15-20H2,1-2H3. The third-order valence-corrected chi connectivity index (χ3v) is 8.28. The van der Waals surface area contributed by atoms with Crippen molar-refractivity contribution >= 4 is 11.6 Å². The van der Waals surface area contributed by atoms with E-state index in [1.807, 2.05) is 80.6 Å². The van der Waals surface area contributed by atoms with Crippen LogP contribution in [0.4, 0.5) is 19.0 Å². The zero-order chi connectivity index (χ0) is 30.1. The molecule has 0 radical (unpaired) electrons. The molecular weight excluding hydrogens is 555 g/mol. The van der Waals surface area contributed by atoms with E-state index in [0.717, 1.165) is 11.1 Å². The van der Waals surface area contributed by atoms with Crippen LogP contribution >= 0.6 is 0 Å². The number of nitrogens with zero attached hydrogens (tertiary/aromatic N) is 5. The first-order valence-corrected chi connectivity index (χ1v) is 14.7. The molecule has 0 saturated carbocycles. The predicted octanol–water partition coefficient (Wildman–Crippen LogP) is 6.64. The van der Waals surface area contributed by atoms with Gasteiger partial charge in [-0.2, -0.15) is 18.3 Å². The van der Waals surface area contributed by atoms with Gasteiger partial charge in [0.25, 0.3) is 0 Å². The van der Waals surface area contributed by atoms with Crippen molar-refractivity contribution in [3.63, 3.8) is 0 Å². The van der Waals surface area contributed by atoms with Gasteiger partial charge in [-0.3, -0.25) is 9.48 Å². The lowest BCUT2D eigenvalue weighted by molar-refractivity contribution is -0.158. The molecule has 0 amide bonds. The Kier molecular flexibility index (Phi) is 7.94. The first-order valence-electron chi connectivity index (χ1n) is 14.7. The second-order valence-corrected chi connectivity index (χ2v) is 11.6. The van der Waals surface area contributed by atoms with Crippen molar-refractivity contribution in [2.75, 3.05) is 18.0 Å². The number of anilines is 1. The van der Waals surface area contributed by atoms with Crippen molar-refractivity contribution in [3.05, 3.63) is 101 Å². The SMILES string of the molecule is CC(C)Oc1ccc(N2CCC(c3nn(C(c4ccccc4)c4ccccc4)c4c3C(C(F)(F)F)CC(=O)C4)CC2)nn1. The molecule has 1 saturated heterocycles. The highest BCUT2D eigenvalue weighted by Crippen LogP contribution is 2.48. The van der Waals surface area contributed by atoms with Gasteiger partial charge >= 0.3 is 6.18 Å². The highest BCUT2D eigenvalue weighted by Gasteiger charge is 2.49. The summed E-state index contributed by atoms with van der Waals surface area (Å²) in [5, 5.41) is 13.5. The normalized spacial score (nSPS) is 17.9. The van der Waals surface area contributed by atoms with Gasteiger partial charge in [0.2, 0.25) is 5.88 Å². The van der Waals surface area contributed by atoms with E-state index in [1.165, 1.54) is 0 Å². The molecule has 0 bridgehead atoms. The zero-order valence-electron chi connectivity index (χ0n) is 24.2. The smallest absolute Gasteiger partial charge is 0.396 e. The molecule has 1 unspecified atom stereocenters. The Morgan fingerprint density at radius 1 is 0.884 bits per heavy atom. The molecule has 3 heterocycles. The highest BCUT2D eigenvalue weighted by atomic mass is 19.4. The first kappa shape index (κ1) is 28.9. The van der Waals surface area contributed by atoms with E-state index in [1.54, 1.807) is 10.7 Å². The molecule has 2 aromatic carbocycles. The number of benzene rings is 2. The van der Waals surface area contributed by atoms with E-state index in [0.29, 0.717) is 49.0 Å². The van der Waals surface area contributed by atoms with Crippen LogP contribution in [0.2, 0.25) is 0 Å². The Hall–Kier alpha value is -4.21. The third-order valence-electron chi connectivity index (χ3n) is 8.28. The Labute approximate surface area is 248 Å². The maximum atomic E-state index is 14.6. The van der Waals surface area contributed by atoms with Gasteiger partial charge in [0.1, 0.15) is 11.8 Å². The van der Waals surface area contributed by atoms with Gasteiger partial charge in [0, 0.05) is 43.5 Å². The van der Waals surface area contributed by atoms with Gasteiger partial charge in [0.15, 0.2) is 5.82 Å². The molecule has 2 aliphatic rings. The van der Waals surface area contributed by atoms with Crippen molar-refractivity contribution in [1.82, 2.24) is 20.0 Å². The van der Waals surface area contributed by atoms with Crippen LogP contribution in [0, 0.1) is 0 Å². The van der Waals surface area contributed by atoms with E-state index in [9.17, 15) is 18.0 Å². The number of carbonyl (C=O) groups is 1. The van der Waals surface area contributed by atoms with Gasteiger partial charge in [-0.15, -0.1) is 10.2 Å². The fourth-order valence-corrected chi connectivity index (χ4v) is 6.35. The van der Waals surface area contributed by atoms with Crippen LogP contribution in [-0.4, -0.2) is 51.1 Å². The van der Waals surface area contributed by atoms with Crippen molar-refractivity contribution in [3.8, 4) is 5.88 Å². The first-order chi connectivity index (χ1) is 20.7. The molecule has 1 aliphatic carbocycles. The monoisotopic (exact) mass is 589 g/mol. The summed E-state index contributed by atoms with van der Waals surface area (Å²) >= 11 is 0. The van der Waals surface area contributed by atoms with Crippen LogP contribution < -0.4 is 9.64 Å². The summed E-state index contributed by atoms with van der Waals surface area (Å²) < 4.78 is 51.0. The average Bonchev–Trinajstić information content (AvgIpc) is 3.36. The molecular formula is C33H34F3N5O2. The Morgan fingerprint density at radius 3 is 2.05 bits per heavy atom. The number of carbonyl (C=O) groups excluding carboxylic acids is 1. The molecule has 0 N–H and O–H groups in total. The van der Waals surface area contributed by atoms with Crippen LogP contribution in [0.15, 0.2) is 72.8 Å². The number of hydrogen-bond donors (Lipinski definition) is 0. The average molecular weight is 590 g/mol. The number of hydrogen-bond acceptors (Lipinski definition) is 6. The number of rotatable bonds is 7. The molecule has 4 aromatic rings. The summed E-state index contributed by atoms with van der Waals surface area (Å²) in [5.41, 5.74) is 2.82. The molecule has 6 rings (SSSR count). The molecule has 10 heteroatoms. The highest BCUT2D eigenvalue weighted by molar-refractivity contribution is 5.84. The fraction of sp³-hybridized carbons (Fsp3) is 0.394. The lowest BCUT2D eigenvalue weighted by atomic mass is 9.79. The second kappa shape index (κ2) is 11.8. The van der Waals surface area contributed by atoms with Gasteiger partial charge in [-0.25, -0.2) is 0 Å². The Morgan fingerprint density at radius 2 is 1.51 bits per heavy atom. The van der Waals surface area contributed by atoms with E-state index in [-0.39, 0.29) is 24.0 Å². The third kappa shape index (κ3) is 6.00. The number of ketones is 1. The Bertz CT molecular complexity index is 1510. The van der Waals surface area contributed by atoms with Gasteiger partial charge in [-0.1, -0.05) is 60.7 Å². The predicted molar refractivity (Wildman–Crippen MR) is 156 cm³/mol. The summed E-state index contributed by atoms with van der Waals surface area (Å²) in [6.07, 6.45) is -3.97. The van der Waals surface area contributed by atoms with Crippen molar-refractivity contribution in [1.29, 1.82) is 0 Å². The maximum absolute atomic E-state index is 14.6. The van der Waals surface area contributed by atoms with Crippen LogP contribution in [0.3, 0.4) is 0 Å². The zero-order valence-corrected chi connectivity index (χ0v) is 24.2. The molecule has 7 nitrogen and oxygen atoms in total. The largest absolute Gasteiger partial charge is 0.474 e. The molecule has 1 atom stereocenters. The van der Waals surface area contributed by atoms with Crippen LogP contribution in [0.25, 0.3) is 0 Å². The minimum absolute atomic E-state index is 0.0131. The molecule has 224 valence electrons. The number of Topliss-reactive ketones (excluding diaryl/α,β-unsaturated/α-hetero) is 1. The second-order valence-electron chi connectivity index (χ2n) is 11.6. The van der Waals surface area contributed by atoms with Gasteiger partial charge in [-0.05, 0) is 43.9 Å². The summed E-state index contributed by atoms with van der Waals surface area (Å²) in [6, 6.07) is 22.4. The van der Waals surface area contributed by atoms with Crippen molar-refractivity contribution < 1.29 is 22.7 Å². The van der Waals surface area contributed by atoms with Crippen molar-refractivity contribution in [2.45, 2.75) is 69.7 Å². The molecule has 1 fully saturated rings. The summed E-state index contributed by atoms with van der Waals surface area (Å²) in [4.78, 5) is 14.9. The van der Waals surface area contributed by atoms with Crippen LogP contribution in [-0.2, 0) is 11.2 Å². The van der Waals surface area contributed by atoms with Crippen LogP contribution in [0.5, 0.6) is 5.88 Å². The van der Waals surface area contributed by atoms with E-state index in [4.69, 9.17) is 9.84 Å². The van der Waals surface area contributed by atoms with E-state index in [2.05, 4.69) is 15.1 Å². The summed E-state index contributed by atoms with van der Waals surface area (Å²) in [5.74, 6) is -1.31. The lowest BCUT2D eigenvalue weighted by Crippen LogP contribution is -2.35. The topological polar surface area (TPSA) is 73.1 Å². The number of halogens is 3. The Balaban J connectivity index is 1.38. The summed E-state index contributed by atoms with van der Waals surface area (Å²) in [6.45, 7) is 5.03. The van der Waals surface area contributed by atoms with E-state index >= 15 is 0 Å². The van der Waals surface area contributed by atoms with Gasteiger partial charge in [0.05, 0.1) is 23.4 Å². The number of ether oxygens (including phenoxy) is 1. The number of fused-ring (bicyclic) bond motifs is 1. The quantitative estimate of drug-likeness (QED) is 0.241. The molecule has 0 spiro atoms. The molecule has 1 aliphatic heterocycles. The van der Waals surface area contributed by atoms with Crippen molar-refractivity contribution in [2.24, 2.45) is 0 Å². The number of piperidine rings is 1. The van der Waals surface area contributed by atoms with Crippen LogP contribution in [0.1, 0.15) is 79.1 Å². The van der Waals surface area contributed by atoms with E-state index < -0.39 is 30.3 Å². The molecule has 43 heavy (non-hydrogen) atoms. The lowest BCUT2D eigenvalue weighted by Gasteiger charge is -2.33. The minimum Gasteiger partial charge on any atom is -0.474 e. The van der Waals surface area contributed by atoms with Gasteiger partial charge < -0.3 is 9.64 Å². The maximum Gasteiger partial charge on any atom is 0.396 e. The fourth-order valence-electron chi connectivity index (χ4n) is 6.35. The molecule has 2 aromatic heterocycles. The number of alkyl halides is 3. The minimum atomic E-state index is -4.56.